The van der Waals surface area contributed by atoms with Crippen LogP contribution in [0.1, 0.15) is 25.3 Å². The van der Waals surface area contributed by atoms with Crippen LogP contribution in [-0.4, -0.2) is 55.8 Å². The fourth-order valence-electron chi connectivity index (χ4n) is 3.33. The summed E-state index contributed by atoms with van der Waals surface area (Å²) in [6.45, 7) is 3.77. The summed E-state index contributed by atoms with van der Waals surface area (Å²) in [6, 6.07) is 14.2. The molecule has 3 aromatic rings. The SMILES string of the molecule is CCc1cccc2sc(N(CCCN(C)C)C(=O)CCSc3ccc(OC)cc3)nc12. The Morgan fingerprint density at radius 2 is 1.90 bits per heavy atom. The molecule has 0 fully saturated rings. The number of thiazole rings is 1. The Labute approximate surface area is 193 Å². The lowest BCUT2D eigenvalue weighted by atomic mass is 10.1. The van der Waals surface area contributed by atoms with Crippen LogP contribution in [0.2, 0.25) is 0 Å². The number of fused-ring (bicyclic) bond motifs is 1. The van der Waals surface area contributed by atoms with Crippen molar-refractivity contribution in [2.24, 2.45) is 0 Å². The minimum absolute atomic E-state index is 0.136. The minimum atomic E-state index is 0.136. The van der Waals surface area contributed by atoms with Crippen LogP contribution >= 0.6 is 23.1 Å². The van der Waals surface area contributed by atoms with E-state index in [0.29, 0.717) is 13.0 Å². The van der Waals surface area contributed by atoms with Crippen molar-refractivity contribution in [1.29, 1.82) is 0 Å². The van der Waals surface area contributed by atoms with Crippen LogP contribution in [0.4, 0.5) is 5.13 Å². The lowest BCUT2D eigenvalue weighted by Gasteiger charge is -2.21. The fourth-order valence-corrected chi connectivity index (χ4v) is 5.23. The topological polar surface area (TPSA) is 45.7 Å². The number of methoxy groups -OCH3 is 1. The first-order chi connectivity index (χ1) is 15.0. The zero-order chi connectivity index (χ0) is 22.2. The predicted molar refractivity (Wildman–Crippen MR) is 133 cm³/mol. The number of aromatic nitrogens is 1. The van der Waals surface area contributed by atoms with E-state index in [0.717, 1.165) is 51.1 Å². The molecule has 31 heavy (non-hydrogen) atoms. The number of rotatable bonds is 11. The predicted octanol–water partition coefficient (Wildman–Crippen LogP) is 5.33. The molecular weight excluding hydrogens is 426 g/mol. The van der Waals surface area contributed by atoms with Crippen molar-refractivity contribution in [1.82, 2.24) is 9.88 Å². The van der Waals surface area contributed by atoms with Gasteiger partial charge < -0.3 is 9.64 Å². The first-order valence-electron chi connectivity index (χ1n) is 10.6. The van der Waals surface area contributed by atoms with Crippen LogP contribution < -0.4 is 9.64 Å². The Morgan fingerprint density at radius 1 is 1.13 bits per heavy atom. The van der Waals surface area contributed by atoms with Gasteiger partial charge in [-0.15, -0.1) is 11.8 Å². The number of carbonyl (C=O) groups is 1. The van der Waals surface area contributed by atoms with E-state index in [4.69, 9.17) is 9.72 Å². The van der Waals surface area contributed by atoms with Crippen molar-refractivity contribution in [2.75, 3.05) is 44.9 Å². The standard InChI is InChI=1S/C24H31N3O2S2/c1-5-18-8-6-9-21-23(18)25-24(31-21)27(16-7-15-26(2)3)22(28)14-17-30-20-12-10-19(29-4)11-13-20/h6,8-13H,5,7,14-17H2,1-4H3. The number of amides is 1. The maximum atomic E-state index is 13.2. The molecule has 0 atom stereocenters. The van der Waals surface area contributed by atoms with E-state index in [9.17, 15) is 4.79 Å². The molecule has 0 saturated heterocycles. The van der Waals surface area contributed by atoms with E-state index in [-0.39, 0.29) is 5.91 Å². The highest BCUT2D eigenvalue weighted by Crippen LogP contribution is 2.32. The van der Waals surface area contributed by atoms with Crippen molar-refractivity contribution in [3.8, 4) is 5.75 Å². The van der Waals surface area contributed by atoms with Gasteiger partial charge in [0.05, 0.1) is 17.3 Å². The minimum Gasteiger partial charge on any atom is -0.497 e. The maximum absolute atomic E-state index is 13.2. The Kier molecular flexibility index (Phi) is 8.75. The van der Waals surface area contributed by atoms with Crippen molar-refractivity contribution in [3.63, 3.8) is 0 Å². The molecular formula is C24H31N3O2S2. The lowest BCUT2D eigenvalue weighted by molar-refractivity contribution is -0.118. The highest BCUT2D eigenvalue weighted by Gasteiger charge is 2.20. The number of aryl methyl sites for hydroxylation is 1. The zero-order valence-corrected chi connectivity index (χ0v) is 20.4. The van der Waals surface area contributed by atoms with Gasteiger partial charge in [0.25, 0.3) is 0 Å². The van der Waals surface area contributed by atoms with Crippen LogP contribution in [0.15, 0.2) is 47.4 Å². The smallest absolute Gasteiger partial charge is 0.229 e. The number of hydrogen-bond donors (Lipinski definition) is 0. The van der Waals surface area contributed by atoms with Crippen molar-refractivity contribution >= 4 is 44.4 Å². The van der Waals surface area contributed by atoms with Crippen LogP contribution in [0.25, 0.3) is 10.2 Å². The molecule has 0 radical (unpaired) electrons. The Morgan fingerprint density at radius 3 is 2.58 bits per heavy atom. The second kappa shape index (κ2) is 11.5. The monoisotopic (exact) mass is 457 g/mol. The molecule has 7 heteroatoms. The van der Waals surface area contributed by atoms with Gasteiger partial charge in [-0.25, -0.2) is 4.98 Å². The molecule has 0 aliphatic carbocycles. The van der Waals surface area contributed by atoms with Crippen LogP contribution in [0, 0.1) is 0 Å². The molecule has 5 nitrogen and oxygen atoms in total. The third kappa shape index (κ3) is 6.45. The van der Waals surface area contributed by atoms with E-state index >= 15 is 0 Å². The van der Waals surface area contributed by atoms with E-state index < -0.39 is 0 Å². The number of carbonyl (C=O) groups excluding carboxylic acids is 1. The molecule has 2 aromatic carbocycles. The number of anilines is 1. The summed E-state index contributed by atoms with van der Waals surface area (Å²) < 4.78 is 6.35. The Balaban J connectivity index is 1.70. The number of ether oxygens (including phenoxy) is 1. The third-order valence-electron chi connectivity index (χ3n) is 5.04. The molecule has 0 saturated carbocycles. The fraction of sp³-hybridized carbons (Fsp3) is 0.417. The second-order valence-electron chi connectivity index (χ2n) is 7.59. The van der Waals surface area contributed by atoms with Gasteiger partial charge in [0.15, 0.2) is 5.13 Å². The van der Waals surface area contributed by atoms with Gasteiger partial charge in [-0.3, -0.25) is 9.69 Å². The maximum Gasteiger partial charge on any atom is 0.229 e. The average molecular weight is 458 g/mol. The third-order valence-corrected chi connectivity index (χ3v) is 7.09. The lowest BCUT2D eigenvalue weighted by Crippen LogP contribution is -2.33. The molecule has 1 heterocycles. The second-order valence-corrected chi connectivity index (χ2v) is 9.77. The summed E-state index contributed by atoms with van der Waals surface area (Å²) in [5.74, 6) is 1.71. The highest BCUT2D eigenvalue weighted by molar-refractivity contribution is 7.99. The van der Waals surface area contributed by atoms with E-state index in [1.807, 2.05) is 29.2 Å². The summed E-state index contributed by atoms with van der Waals surface area (Å²) in [5.41, 5.74) is 2.26. The van der Waals surface area contributed by atoms with E-state index in [1.165, 1.54) is 5.56 Å². The van der Waals surface area contributed by atoms with Gasteiger partial charge in [-0.05, 0) is 69.4 Å². The molecule has 3 rings (SSSR count). The summed E-state index contributed by atoms with van der Waals surface area (Å²) in [6.07, 6.45) is 2.34. The first-order valence-corrected chi connectivity index (χ1v) is 12.4. The number of thioether (sulfide) groups is 1. The van der Waals surface area contributed by atoms with Gasteiger partial charge in [0, 0.05) is 23.6 Å². The molecule has 0 unspecified atom stereocenters. The van der Waals surface area contributed by atoms with Crippen LogP contribution in [-0.2, 0) is 11.2 Å². The van der Waals surface area contributed by atoms with Gasteiger partial charge in [0.2, 0.25) is 5.91 Å². The zero-order valence-electron chi connectivity index (χ0n) is 18.8. The van der Waals surface area contributed by atoms with Gasteiger partial charge >= 0.3 is 0 Å². The summed E-state index contributed by atoms with van der Waals surface area (Å²) >= 11 is 3.31. The van der Waals surface area contributed by atoms with Crippen molar-refractivity contribution in [2.45, 2.75) is 31.1 Å². The summed E-state index contributed by atoms with van der Waals surface area (Å²) in [7, 11) is 5.78. The van der Waals surface area contributed by atoms with Crippen molar-refractivity contribution in [3.05, 3.63) is 48.0 Å². The summed E-state index contributed by atoms with van der Waals surface area (Å²) in [5, 5.41) is 0.814. The van der Waals surface area contributed by atoms with Crippen LogP contribution in [0.3, 0.4) is 0 Å². The largest absolute Gasteiger partial charge is 0.497 e. The van der Waals surface area contributed by atoms with E-state index in [2.05, 4.69) is 44.1 Å². The quantitative estimate of drug-likeness (QED) is 0.364. The first kappa shape index (κ1) is 23.6. The van der Waals surface area contributed by atoms with Gasteiger partial charge in [0.1, 0.15) is 5.75 Å². The number of hydrogen-bond acceptors (Lipinski definition) is 6. The van der Waals surface area contributed by atoms with Crippen molar-refractivity contribution < 1.29 is 9.53 Å². The Hall–Kier alpha value is -2.09. The highest BCUT2D eigenvalue weighted by atomic mass is 32.2. The number of benzene rings is 2. The molecule has 1 aromatic heterocycles. The molecule has 0 bridgehead atoms. The van der Waals surface area contributed by atoms with Crippen LogP contribution in [0.5, 0.6) is 5.75 Å². The molecule has 0 aliphatic rings. The number of para-hydroxylation sites is 1. The van der Waals surface area contributed by atoms with Gasteiger partial charge in [-0.2, -0.15) is 0 Å². The summed E-state index contributed by atoms with van der Waals surface area (Å²) in [4.78, 5) is 23.2. The molecule has 0 N–H and O–H groups in total. The van der Waals surface area contributed by atoms with Gasteiger partial charge in [-0.1, -0.05) is 30.4 Å². The Bertz CT molecular complexity index is 986. The molecule has 0 aliphatic heterocycles. The normalized spacial score (nSPS) is 11.3. The molecule has 0 spiro atoms. The van der Waals surface area contributed by atoms with E-state index in [1.54, 1.807) is 30.2 Å². The average Bonchev–Trinajstić information content (AvgIpc) is 3.20. The molecule has 1 amide bonds. The molecule has 166 valence electrons. The number of nitrogens with zero attached hydrogens (tertiary/aromatic N) is 3.